The molecule has 1 N–H and O–H groups in total. The number of amides is 1. The molecule has 2 rings (SSSR count). The Morgan fingerprint density at radius 3 is 2.72 bits per heavy atom. The lowest BCUT2D eigenvalue weighted by molar-refractivity contribution is -0.111. The Labute approximate surface area is 151 Å². The Morgan fingerprint density at radius 2 is 2.04 bits per heavy atom. The van der Waals surface area contributed by atoms with Crippen molar-refractivity contribution in [1.29, 1.82) is 0 Å². The molecule has 0 aliphatic heterocycles. The van der Waals surface area contributed by atoms with Crippen LogP contribution in [0.25, 0.3) is 6.08 Å². The van der Waals surface area contributed by atoms with Gasteiger partial charge in [-0.05, 0) is 50.1 Å². The van der Waals surface area contributed by atoms with E-state index in [1.54, 1.807) is 20.1 Å². The van der Waals surface area contributed by atoms with Gasteiger partial charge in [-0.1, -0.05) is 12.1 Å². The standard InChI is InChI=1S/C19H21NO4S/c1-5-24-19(22)17-12(2)13(3)25-18(17)20-16(21)10-9-14-7-6-8-15(11-14)23-4/h6-11H,5H2,1-4H3,(H,20,21)/b10-9+. The van der Waals surface area contributed by atoms with Crippen LogP contribution < -0.4 is 10.1 Å². The smallest absolute Gasteiger partial charge is 0.341 e. The molecule has 0 saturated heterocycles. The number of thiophene rings is 1. The zero-order valence-electron chi connectivity index (χ0n) is 14.7. The molecule has 1 amide bonds. The molecule has 0 aliphatic carbocycles. The third-order valence-corrected chi connectivity index (χ3v) is 4.75. The van der Waals surface area contributed by atoms with Crippen molar-refractivity contribution in [2.45, 2.75) is 20.8 Å². The topological polar surface area (TPSA) is 64.6 Å². The Morgan fingerprint density at radius 1 is 1.28 bits per heavy atom. The van der Waals surface area contributed by atoms with Gasteiger partial charge in [-0.25, -0.2) is 4.79 Å². The molecule has 2 aromatic rings. The number of ether oxygens (including phenoxy) is 2. The van der Waals surface area contributed by atoms with Gasteiger partial charge in [0.1, 0.15) is 10.8 Å². The van der Waals surface area contributed by atoms with Gasteiger partial charge in [0.05, 0.1) is 19.3 Å². The Bertz CT molecular complexity index is 808. The number of hydrogen-bond donors (Lipinski definition) is 1. The maximum absolute atomic E-state index is 12.2. The quantitative estimate of drug-likeness (QED) is 0.620. The summed E-state index contributed by atoms with van der Waals surface area (Å²) >= 11 is 1.36. The summed E-state index contributed by atoms with van der Waals surface area (Å²) in [6.07, 6.45) is 3.11. The zero-order valence-corrected chi connectivity index (χ0v) is 15.5. The van der Waals surface area contributed by atoms with Gasteiger partial charge in [0, 0.05) is 11.0 Å². The first-order chi connectivity index (χ1) is 12.0. The van der Waals surface area contributed by atoms with E-state index in [1.807, 2.05) is 38.1 Å². The Hall–Kier alpha value is -2.60. The van der Waals surface area contributed by atoms with Crippen molar-refractivity contribution < 1.29 is 19.1 Å². The van der Waals surface area contributed by atoms with Crippen molar-refractivity contribution >= 4 is 34.3 Å². The average molecular weight is 359 g/mol. The predicted molar refractivity (Wildman–Crippen MR) is 100 cm³/mol. The molecule has 0 unspecified atom stereocenters. The van der Waals surface area contributed by atoms with Crippen molar-refractivity contribution in [2.75, 3.05) is 19.0 Å². The lowest BCUT2D eigenvalue weighted by Crippen LogP contribution is -2.12. The van der Waals surface area contributed by atoms with Crippen LogP contribution in [0, 0.1) is 13.8 Å². The first kappa shape index (κ1) is 18.7. The normalized spacial score (nSPS) is 10.7. The Kier molecular flexibility index (Phi) is 6.36. The summed E-state index contributed by atoms with van der Waals surface area (Å²) in [5, 5.41) is 3.28. The number of methoxy groups -OCH3 is 1. The number of nitrogens with one attached hydrogen (secondary N) is 1. The number of benzene rings is 1. The highest BCUT2D eigenvalue weighted by atomic mass is 32.1. The highest BCUT2D eigenvalue weighted by Gasteiger charge is 2.21. The highest BCUT2D eigenvalue weighted by Crippen LogP contribution is 2.33. The number of anilines is 1. The molecule has 132 valence electrons. The van der Waals surface area contributed by atoms with Crippen molar-refractivity contribution in [2.24, 2.45) is 0 Å². The van der Waals surface area contributed by atoms with Gasteiger partial charge in [-0.3, -0.25) is 4.79 Å². The summed E-state index contributed by atoms with van der Waals surface area (Å²) in [4.78, 5) is 25.3. The number of carbonyl (C=O) groups excluding carboxylic acids is 2. The fourth-order valence-electron chi connectivity index (χ4n) is 2.23. The van der Waals surface area contributed by atoms with Crippen molar-refractivity contribution in [3.8, 4) is 5.75 Å². The third kappa shape index (κ3) is 4.70. The van der Waals surface area contributed by atoms with E-state index in [-0.39, 0.29) is 12.5 Å². The molecule has 1 heterocycles. The number of rotatable bonds is 6. The van der Waals surface area contributed by atoms with E-state index in [4.69, 9.17) is 9.47 Å². The fraction of sp³-hybridized carbons (Fsp3) is 0.263. The molecule has 0 bridgehead atoms. The van der Waals surface area contributed by atoms with Crippen LogP contribution in [-0.4, -0.2) is 25.6 Å². The minimum atomic E-state index is -0.420. The minimum Gasteiger partial charge on any atom is -0.497 e. The van der Waals surface area contributed by atoms with Crippen LogP contribution in [0.5, 0.6) is 5.75 Å². The van der Waals surface area contributed by atoms with Crippen LogP contribution in [-0.2, 0) is 9.53 Å². The second kappa shape index (κ2) is 8.48. The fourth-order valence-corrected chi connectivity index (χ4v) is 3.29. The third-order valence-electron chi connectivity index (χ3n) is 3.62. The lowest BCUT2D eigenvalue weighted by Gasteiger charge is -2.05. The van der Waals surface area contributed by atoms with Crippen molar-refractivity contribution in [3.63, 3.8) is 0 Å². The highest BCUT2D eigenvalue weighted by molar-refractivity contribution is 7.16. The maximum atomic E-state index is 12.2. The molecule has 1 aromatic heterocycles. The van der Waals surface area contributed by atoms with Gasteiger partial charge in [0.15, 0.2) is 0 Å². The molecule has 6 heteroatoms. The van der Waals surface area contributed by atoms with Crippen LogP contribution >= 0.6 is 11.3 Å². The minimum absolute atomic E-state index is 0.288. The van der Waals surface area contributed by atoms with Crippen LogP contribution in [0.4, 0.5) is 5.00 Å². The van der Waals surface area contributed by atoms with E-state index >= 15 is 0 Å². The number of hydrogen-bond acceptors (Lipinski definition) is 5. The largest absolute Gasteiger partial charge is 0.497 e. The van der Waals surface area contributed by atoms with Gasteiger partial charge in [-0.15, -0.1) is 11.3 Å². The van der Waals surface area contributed by atoms with Crippen LogP contribution in [0.3, 0.4) is 0 Å². The summed E-state index contributed by atoms with van der Waals surface area (Å²) in [5.74, 6) is -0.0114. The molecular weight excluding hydrogens is 338 g/mol. The van der Waals surface area contributed by atoms with Gasteiger partial charge in [-0.2, -0.15) is 0 Å². The molecule has 25 heavy (non-hydrogen) atoms. The molecule has 1 aromatic carbocycles. The second-order valence-electron chi connectivity index (χ2n) is 5.31. The number of esters is 1. The van der Waals surface area contributed by atoms with Gasteiger partial charge < -0.3 is 14.8 Å². The van der Waals surface area contributed by atoms with E-state index in [0.717, 1.165) is 21.8 Å². The molecular formula is C19H21NO4S. The molecule has 5 nitrogen and oxygen atoms in total. The molecule has 0 saturated carbocycles. The lowest BCUT2D eigenvalue weighted by atomic mass is 10.1. The maximum Gasteiger partial charge on any atom is 0.341 e. The van der Waals surface area contributed by atoms with Crippen molar-refractivity contribution in [3.05, 3.63) is 51.9 Å². The summed E-state index contributed by atoms with van der Waals surface area (Å²) in [6, 6.07) is 7.38. The van der Waals surface area contributed by atoms with Crippen LogP contribution in [0.1, 0.15) is 33.3 Å². The van der Waals surface area contributed by atoms with E-state index < -0.39 is 5.97 Å². The number of aryl methyl sites for hydroxylation is 1. The SMILES string of the molecule is CCOC(=O)c1c(NC(=O)/C=C/c2cccc(OC)c2)sc(C)c1C. The number of carbonyl (C=O) groups is 2. The second-order valence-corrected chi connectivity index (χ2v) is 6.53. The van der Waals surface area contributed by atoms with Gasteiger partial charge in [0.25, 0.3) is 0 Å². The summed E-state index contributed by atoms with van der Waals surface area (Å²) in [5.41, 5.74) is 2.10. The monoisotopic (exact) mass is 359 g/mol. The van der Waals surface area contributed by atoms with E-state index in [1.165, 1.54) is 17.4 Å². The summed E-state index contributed by atoms with van der Waals surface area (Å²) in [6.45, 7) is 5.79. The summed E-state index contributed by atoms with van der Waals surface area (Å²) in [7, 11) is 1.59. The molecule has 0 spiro atoms. The molecule has 0 fully saturated rings. The zero-order chi connectivity index (χ0) is 18.4. The van der Waals surface area contributed by atoms with E-state index in [2.05, 4.69) is 5.32 Å². The van der Waals surface area contributed by atoms with Gasteiger partial charge >= 0.3 is 5.97 Å². The predicted octanol–water partition coefficient (Wildman–Crippen LogP) is 4.20. The van der Waals surface area contributed by atoms with Crippen molar-refractivity contribution in [1.82, 2.24) is 0 Å². The molecule has 0 radical (unpaired) electrons. The first-order valence-electron chi connectivity index (χ1n) is 7.86. The van der Waals surface area contributed by atoms with E-state index in [9.17, 15) is 9.59 Å². The van der Waals surface area contributed by atoms with E-state index in [0.29, 0.717) is 10.6 Å². The summed E-state index contributed by atoms with van der Waals surface area (Å²) < 4.78 is 10.2. The van der Waals surface area contributed by atoms with Gasteiger partial charge in [0.2, 0.25) is 5.91 Å². The van der Waals surface area contributed by atoms with Crippen LogP contribution in [0.15, 0.2) is 30.3 Å². The first-order valence-corrected chi connectivity index (χ1v) is 8.68. The Balaban J connectivity index is 2.16. The molecule has 0 atom stereocenters. The molecule has 0 aliphatic rings. The average Bonchev–Trinajstić information content (AvgIpc) is 2.87. The van der Waals surface area contributed by atoms with Crippen LogP contribution in [0.2, 0.25) is 0 Å².